The van der Waals surface area contributed by atoms with Gasteiger partial charge in [0.15, 0.2) is 5.84 Å². The fraction of sp³-hybridized carbons (Fsp3) is 0.385. The number of benzene rings is 1. The molecule has 16 heavy (non-hydrogen) atoms. The van der Waals surface area contributed by atoms with E-state index in [4.69, 9.17) is 10.5 Å². The molecule has 2 N–H and O–H groups in total. The second-order valence-electron chi connectivity index (χ2n) is 3.75. The van der Waals surface area contributed by atoms with Gasteiger partial charge in [-0.2, -0.15) is 0 Å². The molecule has 0 fully saturated rings. The lowest BCUT2D eigenvalue weighted by Crippen LogP contribution is -1.96. The van der Waals surface area contributed by atoms with Crippen LogP contribution in [0.1, 0.15) is 30.4 Å². The summed E-state index contributed by atoms with van der Waals surface area (Å²) in [5.41, 5.74) is 1.98. The third-order valence-corrected chi connectivity index (χ3v) is 2.25. The molecule has 0 saturated heterocycles. The number of hydrogen-bond donors (Lipinski definition) is 2. The van der Waals surface area contributed by atoms with Crippen molar-refractivity contribution < 1.29 is 5.11 Å². The maximum Gasteiger partial charge on any atom is 0.151 e. The molecule has 0 radical (unpaired) electrons. The van der Waals surface area contributed by atoms with Crippen LogP contribution in [0, 0.1) is 12.3 Å². The number of aliphatic hydroxyl groups is 1. The Morgan fingerprint density at radius 3 is 2.94 bits per heavy atom. The molecule has 0 aliphatic carbocycles. The van der Waals surface area contributed by atoms with Gasteiger partial charge in [-0.1, -0.05) is 23.8 Å². The standard InChI is InChI=1S/C13H18N2O/c1-11-6-5-7-12(10-11)13(14)15-8-3-2-4-9-16/h5-8,10,14,16H,2-4,9H2,1H3. The largest absolute Gasteiger partial charge is 0.396 e. The number of amidine groups is 1. The molecule has 3 heteroatoms. The lowest BCUT2D eigenvalue weighted by atomic mass is 10.1. The SMILES string of the molecule is Cc1cccc(C(=N)N=CCCCCO)c1. The van der Waals surface area contributed by atoms with Gasteiger partial charge < -0.3 is 5.11 Å². The van der Waals surface area contributed by atoms with Crippen LogP contribution >= 0.6 is 0 Å². The zero-order valence-electron chi connectivity index (χ0n) is 9.61. The molecule has 3 nitrogen and oxygen atoms in total. The summed E-state index contributed by atoms with van der Waals surface area (Å²) in [5.74, 6) is 0.299. The van der Waals surface area contributed by atoms with Crippen molar-refractivity contribution in [2.75, 3.05) is 6.61 Å². The van der Waals surface area contributed by atoms with Gasteiger partial charge in [0.25, 0.3) is 0 Å². The van der Waals surface area contributed by atoms with E-state index in [-0.39, 0.29) is 6.61 Å². The Morgan fingerprint density at radius 2 is 2.25 bits per heavy atom. The highest BCUT2D eigenvalue weighted by atomic mass is 16.2. The second-order valence-corrected chi connectivity index (χ2v) is 3.75. The van der Waals surface area contributed by atoms with E-state index in [1.807, 2.05) is 31.2 Å². The van der Waals surface area contributed by atoms with Gasteiger partial charge in [0.05, 0.1) is 0 Å². The molecule has 0 amide bonds. The third-order valence-electron chi connectivity index (χ3n) is 2.25. The predicted octanol–water partition coefficient (Wildman–Crippen LogP) is 2.55. The minimum absolute atomic E-state index is 0.225. The first-order valence-electron chi connectivity index (χ1n) is 5.53. The fourth-order valence-corrected chi connectivity index (χ4v) is 1.37. The summed E-state index contributed by atoms with van der Waals surface area (Å²) in [6.07, 6.45) is 4.28. The Hall–Kier alpha value is -1.48. The normalized spacial score (nSPS) is 10.9. The lowest BCUT2D eigenvalue weighted by molar-refractivity contribution is 0.286. The number of nitrogens with zero attached hydrogens (tertiary/aromatic N) is 1. The number of hydrogen-bond acceptors (Lipinski definition) is 2. The molecule has 0 atom stereocenters. The van der Waals surface area contributed by atoms with Crippen molar-refractivity contribution >= 4 is 12.1 Å². The molecule has 0 spiro atoms. The Morgan fingerprint density at radius 1 is 1.44 bits per heavy atom. The topological polar surface area (TPSA) is 56.4 Å². The van der Waals surface area contributed by atoms with Crippen LogP contribution in [0.15, 0.2) is 29.3 Å². The first-order valence-corrected chi connectivity index (χ1v) is 5.53. The molecule has 86 valence electrons. The molecule has 1 aromatic carbocycles. The van der Waals surface area contributed by atoms with Gasteiger partial charge in [0.1, 0.15) is 0 Å². The van der Waals surface area contributed by atoms with E-state index in [9.17, 15) is 0 Å². The minimum atomic E-state index is 0.225. The highest BCUT2D eigenvalue weighted by Gasteiger charge is 1.97. The number of nitrogens with one attached hydrogen (secondary N) is 1. The van der Waals surface area contributed by atoms with E-state index in [1.165, 1.54) is 0 Å². The third kappa shape index (κ3) is 4.36. The van der Waals surface area contributed by atoms with Crippen molar-refractivity contribution in [3.8, 4) is 0 Å². The van der Waals surface area contributed by atoms with Crippen molar-refractivity contribution in [3.05, 3.63) is 35.4 Å². The van der Waals surface area contributed by atoms with Gasteiger partial charge >= 0.3 is 0 Å². The van der Waals surface area contributed by atoms with E-state index in [1.54, 1.807) is 6.21 Å². The molecule has 1 rings (SSSR count). The second kappa shape index (κ2) is 6.90. The van der Waals surface area contributed by atoms with Crippen molar-refractivity contribution in [3.63, 3.8) is 0 Å². The van der Waals surface area contributed by atoms with Gasteiger partial charge in [-0.15, -0.1) is 0 Å². The molecule has 0 unspecified atom stereocenters. The maximum absolute atomic E-state index is 8.60. The summed E-state index contributed by atoms with van der Waals surface area (Å²) in [4.78, 5) is 4.08. The zero-order chi connectivity index (χ0) is 11.8. The number of aryl methyl sites for hydroxylation is 1. The average Bonchev–Trinajstić information content (AvgIpc) is 2.28. The summed E-state index contributed by atoms with van der Waals surface area (Å²) < 4.78 is 0. The monoisotopic (exact) mass is 218 g/mol. The quantitative estimate of drug-likeness (QED) is 0.445. The van der Waals surface area contributed by atoms with Gasteiger partial charge in [-0.3, -0.25) is 5.41 Å². The molecule has 0 aliphatic heterocycles. The van der Waals surface area contributed by atoms with Gasteiger partial charge in [-0.25, -0.2) is 4.99 Å². The number of aliphatic hydroxyl groups excluding tert-OH is 1. The maximum atomic E-state index is 8.60. The Labute approximate surface area is 96.4 Å². The van der Waals surface area contributed by atoms with Crippen molar-refractivity contribution in [2.24, 2.45) is 4.99 Å². The smallest absolute Gasteiger partial charge is 0.151 e. The van der Waals surface area contributed by atoms with E-state index in [2.05, 4.69) is 4.99 Å². The Bertz CT molecular complexity index is 372. The highest BCUT2D eigenvalue weighted by molar-refractivity contribution is 6.00. The van der Waals surface area contributed by atoms with Gasteiger partial charge in [0.2, 0.25) is 0 Å². The molecule has 0 saturated carbocycles. The molecule has 0 aliphatic rings. The number of unbranched alkanes of at least 4 members (excludes halogenated alkanes) is 2. The molecular weight excluding hydrogens is 200 g/mol. The molecule has 1 aromatic rings. The van der Waals surface area contributed by atoms with Crippen LogP contribution in [0.2, 0.25) is 0 Å². The Kier molecular flexibility index (Phi) is 5.43. The summed E-state index contributed by atoms with van der Waals surface area (Å²) in [6.45, 7) is 2.23. The molecule has 0 heterocycles. The van der Waals surface area contributed by atoms with Crippen LogP contribution in [0.3, 0.4) is 0 Å². The van der Waals surface area contributed by atoms with Crippen LogP contribution < -0.4 is 0 Å². The minimum Gasteiger partial charge on any atom is -0.396 e. The molecular formula is C13H18N2O. The fourth-order valence-electron chi connectivity index (χ4n) is 1.37. The van der Waals surface area contributed by atoms with Crippen LogP contribution in [-0.4, -0.2) is 23.8 Å². The zero-order valence-corrected chi connectivity index (χ0v) is 9.61. The summed E-state index contributed by atoms with van der Waals surface area (Å²) in [6, 6.07) is 7.77. The predicted molar refractivity (Wildman–Crippen MR) is 67.4 cm³/mol. The van der Waals surface area contributed by atoms with Crippen LogP contribution in [0.5, 0.6) is 0 Å². The number of rotatable bonds is 5. The van der Waals surface area contributed by atoms with Crippen LogP contribution in [0.4, 0.5) is 0 Å². The van der Waals surface area contributed by atoms with E-state index >= 15 is 0 Å². The van der Waals surface area contributed by atoms with E-state index in [0.29, 0.717) is 5.84 Å². The first kappa shape index (κ1) is 12.6. The first-order chi connectivity index (χ1) is 7.74. The Balaban J connectivity index is 2.46. The van der Waals surface area contributed by atoms with Gasteiger partial charge in [0, 0.05) is 18.4 Å². The van der Waals surface area contributed by atoms with Crippen molar-refractivity contribution in [2.45, 2.75) is 26.2 Å². The molecule has 0 aromatic heterocycles. The summed E-state index contributed by atoms with van der Waals surface area (Å²) in [5, 5.41) is 16.4. The van der Waals surface area contributed by atoms with E-state index in [0.717, 1.165) is 30.4 Å². The van der Waals surface area contributed by atoms with Crippen LogP contribution in [0.25, 0.3) is 0 Å². The average molecular weight is 218 g/mol. The van der Waals surface area contributed by atoms with E-state index < -0.39 is 0 Å². The lowest BCUT2D eigenvalue weighted by Gasteiger charge is -1.99. The van der Waals surface area contributed by atoms with Gasteiger partial charge in [-0.05, 0) is 32.3 Å². The highest BCUT2D eigenvalue weighted by Crippen LogP contribution is 2.05. The summed E-state index contributed by atoms with van der Waals surface area (Å²) in [7, 11) is 0. The summed E-state index contributed by atoms with van der Waals surface area (Å²) >= 11 is 0. The van der Waals surface area contributed by atoms with Crippen molar-refractivity contribution in [1.82, 2.24) is 0 Å². The number of aliphatic imine (C=N–C) groups is 1. The van der Waals surface area contributed by atoms with Crippen LogP contribution in [-0.2, 0) is 0 Å². The van der Waals surface area contributed by atoms with Crippen molar-refractivity contribution in [1.29, 1.82) is 5.41 Å². The molecule has 0 bridgehead atoms.